The molecule has 0 saturated heterocycles. The van der Waals surface area contributed by atoms with Crippen LogP contribution in [0.1, 0.15) is 18.9 Å². The van der Waals surface area contributed by atoms with E-state index in [1.807, 2.05) is 12.1 Å². The molecule has 0 amide bonds. The summed E-state index contributed by atoms with van der Waals surface area (Å²) in [5, 5.41) is 8.85. The second kappa shape index (κ2) is 6.58. The smallest absolute Gasteiger partial charge is 0.146 e. The fraction of sp³-hybridized carbons (Fsp3) is 0.467. The fourth-order valence-corrected chi connectivity index (χ4v) is 2.51. The number of aliphatic imine (C=N–C) groups is 2. The number of nitrogens with zero attached hydrogens (tertiary/aromatic N) is 3. The molecule has 0 aliphatic carbocycles. The van der Waals surface area contributed by atoms with Crippen LogP contribution in [0.3, 0.4) is 0 Å². The zero-order valence-electron chi connectivity index (χ0n) is 12.4. The highest BCUT2D eigenvalue weighted by Crippen LogP contribution is 2.17. The SMILES string of the molecule is CCCN1CN=C(c2ccccc2NCC2=NCCN2)N1. The van der Waals surface area contributed by atoms with Crippen LogP contribution >= 0.6 is 0 Å². The van der Waals surface area contributed by atoms with Crippen molar-refractivity contribution in [2.75, 3.05) is 38.2 Å². The Kier molecular flexibility index (Phi) is 4.35. The molecule has 0 spiro atoms. The molecule has 0 unspecified atom stereocenters. The molecule has 6 heteroatoms. The fourth-order valence-electron chi connectivity index (χ4n) is 2.51. The molecule has 2 heterocycles. The predicted octanol–water partition coefficient (Wildman–Crippen LogP) is 1.03. The van der Waals surface area contributed by atoms with E-state index in [4.69, 9.17) is 0 Å². The van der Waals surface area contributed by atoms with Crippen molar-refractivity contribution in [1.82, 2.24) is 15.8 Å². The molecule has 0 atom stereocenters. The Morgan fingerprint density at radius 2 is 2.19 bits per heavy atom. The van der Waals surface area contributed by atoms with E-state index in [1.165, 1.54) is 0 Å². The molecule has 0 fully saturated rings. The molecule has 6 nitrogen and oxygen atoms in total. The highest BCUT2D eigenvalue weighted by atomic mass is 15.6. The molecule has 2 aliphatic heterocycles. The summed E-state index contributed by atoms with van der Waals surface area (Å²) in [5.41, 5.74) is 5.56. The lowest BCUT2D eigenvalue weighted by Gasteiger charge is -2.16. The standard InChI is InChI=1S/C15H22N6/c1-2-9-21-11-19-15(20-21)12-5-3-4-6-13(12)18-10-14-16-7-8-17-14/h3-6,18H,2,7-11H2,1H3,(H,16,17)(H,19,20). The second-order valence-electron chi connectivity index (χ2n) is 5.18. The molecule has 0 aromatic heterocycles. The van der Waals surface area contributed by atoms with E-state index in [9.17, 15) is 0 Å². The first kappa shape index (κ1) is 13.9. The first-order chi connectivity index (χ1) is 10.4. The van der Waals surface area contributed by atoms with E-state index in [0.29, 0.717) is 6.67 Å². The molecular formula is C15H22N6. The molecule has 0 saturated carbocycles. The average Bonchev–Trinajstić information content (AvgIpc) is 3.17. The maximum absolute atomic E-state index is 4.59. The number of anilines is 1. The van der Waals surface area contributed by atoms with Gasteiger partial charge >= 0.3 is 0 Å². The summed E-state index contributed by atoms with van der Waals surface area (Å²) in [4.78, 5) is 9.00. The van der Waals surface area contributed by atoms with Gasteiger partial charge in [0.1, 0.15) is 18.3 Å². The zero-order chi connectivity index (χ0) is 14.5. The molecule has 2 aliphatic rings. The van der Waals surface area contributed by atoms with Crippen molar-refractivity contribution in [1.29, 1.82) is 0 Å². The minimum atomic E-state index is 0.714. The first-order valence-corrected chi connectivity index (χ1v) is 7.53. The summed E-state index contributed by atoms with van der Waals surface area (Å²) in [5.74, 6) is 1.96. The maximum Gasteiger partial charge on any atom is 0.146 e. The predicted molar refractivity (Wildman–Crippen MR) is 86.8 cm³/mol. The van der Waals surface area contributed by atoms with E-state index in [-0.39, 0.29) is 0 Å². The summed E-state index contributed by atoms with van der Waals surface area (Å²) in [6, 6.07) is 8.25. The first-order valence-electron chi connectivity index (χ1n) is 7.53. The van der Waals surface area contributed by atoms with Gasteiger partial charge in [0.05, 0.1) is 13.1 Å². The molecule has 0 radical (unpaired) electrons. The van der Waals surface area contributed by atoms with Crippen LogP contribution in [0.2, 0.25) is 0 Å². The Hall–Kier alpha value is -2.08. The normalized spacial score (nSPS) is 18.0. The largest absolute Gasteiger partial charge is 0.377 e. The topological polar surface area (TPSA) is 64.0 Å². The van der Waals surface area contributed by atoms with E-state index >= 15 is 0 Å². The molecule has 3 rings (SSSR count). The third kappa shape index (κ3) is 3.33. The van der Waals surface area contributed by atoms with Crippen molar-refractivity contribution < 1.29 is 0 Å². The maximum atomic E-state index is 4.59. The Bertz CT molecular complexity index is 551. The van der Waals surface area contributed by atoms with Crippen LogP contribution in [0.15, 0.2) is 34.3 Å². The van der Waals surface area contributed by atoms with Gasteiger partial charge in [-0.1, -0.05) is 19.1 Å². The number of para-hydroxylation sites is 1. The highest BCUT2D eigenvalue weighted by molar-refractivity contribution is 6.04. The number of amidine groups is 2. The van der Waals surface area contributed by atoms with Crippen molar-refractivity contribution in [3.8, 4) is 0 Å². The molecular weight excluding hydrogens is 264 g/mol. The van der Waals surface area contributed by atoms with Crippen molar-refractivity contribution in [2.24, 2.45) is 9.98 Å². The molecule has 112 valence electrons. The van der Waals surface area contributed by atoms with Crippen molar-refractivity contribution >= 4 is 17.4 Å². The second-order valence-corrected chi connectivity index (χ2v) is 5.18. The number of hydrogen-bond donors (Lipinski definition) is 3. The van der Waals surface area contributed by atoms with Crippen molar-refractivity contribution in [3.63, 3.8) is 0 Å². The van der Waals surface area contributed by atoms with Gasteiger partial charge in [0.25, 0.3) is 0 Å². The summed E-state index contributed by atoms with van der Waals surface area (Å²) >= 11 is 0. The lowest BCUT2D eigenvalue weighted by atomic mass is 10.1. The van der Waals surface area contributed by atoms with Gasteiger partial charge in [0.15, 0.2) is 0 Å². The Balaban J connectivity index is 1.68. The minimum absolute atomic E-state index is 0.714. The molecule has 1 aromatic rings. The summed E-state index contributed by atoms with van der Waals surface area (Å²) in [7, 11) is 0. The average molecular weight is 286 g/mol. The Labute approximate surface area is 125 Å². The van der Waals surface area contributed by atoms with Gasteiger partial charge in [-0.3, -0.25) is 4.99 Å². The number of nitrogens with one attached hydrogen (secondary N) is 3. The molecule has 3 N–H and O–H groups in total. The van der Waals surface area contributed by atoms with Gasteiger partial charge in [-0.25, -0.2) is 10.0 Å². The minimum Gasteiger partial charge on any atom is -0.377 e. The van der Waals surface area contributed by atoms with E-state index in [1.54, 1.807) is 0 Å². The van der Waals surface area contributed by atoms with Crippen LogP contribution in [0.25, 0.3) is 0 Å². The quantitative estimate of drug-likeness (QED) is 0.731. The monoisotopic (exact) mass is 286 g/mol. The third-order valence-electron chi connectivity index (χ3n) is 3.53. The molecule has 21 heavy (non-hydrogen) atoms. The lowest BCUT2D eigenvalue weighted by Crippen LogP contribution is -2.37. The highest BCUT2D eigenvalue weighted by Gasteiger charge is 2.17. The molecule has 0 bridgehead atoms. The van der Waals surface area contributed by atoms with E-state index in [0.717, 1.165) is 55.5 Å². The van der Waals surface area contributed by atoms with Crippen LogP contribution in [-0.2, 0) is 0 Å². The van der Waals surface area contributed by atoms with Crippen LogP contribution in [-0.4, -0.2) is 49.5 Å². The van der Waals surface area contributed by atoms with E-state index < -0.39 is 0 Å². The van der Waals surface area contributed by atoms with Crippen LogP contribution in [0, 0.1) is 0 Å². The Morgan fingerprint density at radius 3 is 3.00 bits per heavy atom. The van der Waals surface area contributed by atoms with Gasteiger partial charge in [0, 0.05) is 24.3 Å². The number of hydrogen-bond acceptors (Lipinski definition) is 6. The third-order valence-corrected chi connectivity index (χ3v) is 3.53. The van der Waals surface area contributed by atoms with E-state index in [2.05, 4.69) is 50.1 Å². The number of benzene rings is 1. The van der Waals surface area contributed by atoms with Gasteiger partial charge in [-0.2, -0.15) is 0 Å². The van der Waals surface area contributed by atoms with Crippen molar-refractivity contribution in [3.05, 3.63) is 29.8 Å². The number of rotatable bonds is 6. The van der Waals surface area contributed by atoms with Gasteiger partial charge in [-0.15, -0.1) is 0 Å². The summed E-state index contributed by atoms with van der Waals surface area (Å²) in [6.45, 7) is 6.43. The van der Waals surface area contributed by atoms with Crippen LogP contribution < -0.4 is 16.1 Å². The summed E-state index contributed by atoms with van der Waals surface area (Å²) in [6.07, 6.45) is 1.11. The zero-order valence-corrected chi connectivity index (χ0v) is 12.4. The van der Waals surface area contributed by atoms with Gasteiger partial charge in [0.2, 0.25) is 0 Å². The Morgan fingerprint density at radius 1 is 1.29 bits per heavy atom. The molecule has 1 aromatic carbocycles. The summed E-state index contributed by atoms with van der Waals surface area (Å²) < 4.78 is 0. The van der Waals surface area contributed by atoms with Crippen molar-refractivity contribution in [2.45, 2.75) is 13.3 Å². The van der Waals surface area contributed by atoms with Crippen LogP contribution in [0.5, 0.6) is 0 Å². The number of hydrazine groups is 1. The van der Waals surface area contributed by atoms with Gasteiger partial charge < -0.3 is 16.1 Å². The lowest BCUT2D eigenvalue weighted by molar-refractivity contribution is 0.267. The van der Waals surface area contributed by atoms with Gasteiger partial charge in [-0.05, 0) is 18.6 Å². The van der Waals surface area contributed by atoms with Crippen LogP contribution in [0.4, 0.5) is 5.69 Å².